The molecule has 2 N–H and O–H groups in total. The number of alkyl halides is 3. The van der Waals surface area contributed by atoms with Crippen LogP contribution in [-0.2, 0) is 4.79 Å². The number of amides is 1. The number of ether oxygens (including phenoxy) is 1. The van der Waals surface area contributed by atoms with Gasteiger partial charge in [-0.2, -0.15) is 0 Å². The maximum atomic E-state index is 11.9. The van der Waals surface area contributed by atoms with Gasteiger partial charge < -0.3 is 15.4 Å². The van der Waals surface area contributed by atoms with Crippen LogP contribution in [0.25, 0.3) is 0 Å². The van der Waals surface area contributed by atoms with Crippen molar-refractivity contribution in [3.8, 4) is 18.1 Å². The lowest BCUT2D eigenvalue weighted by Gasteiger charge is -2.09. The van der Waals surface area contributed by atoms with Crippen LogP contribution in [0.3, 0.4) is 0 Å². The lowest BCUT2D eigenvalue weighted by Crippen LogP contribution is -2.30. The van der Waals surface area contributed by atoms with Crippen LogP contribution in [0, 0.1) is 12.3 Å². The summed E-state index contributed by atoms with van der Waals surface area (Å²) < 4.78 is 39.3. The number of nitrogens with one attached hydrogen (secondary N) is 2. The second kappa shape index (κ2) is 6.49. The first-order chi connectivity index (χ1) is 8.90. The molecule has 0 aromatic carbocycles. The Morgan fingerprint density at radius 2 is 2.21 bits per heavy atom. The molecule has 102 valence electrons. The van der Waals surface area contributed by atoms with Crippen molar-refractivity contribution in [2.24, 2.45) is 0 Å². The zero-order valence-corrected chi connectivity index (χ0v) is 9.62. The normalized spacial score (nSPS) is 10.4. The Morgan fingerprint density at radius 1 is 1.47 bits per heavy atom. The van der Waals surface area contributed by atoms with Gasteiger partial charge in [-0.15, -0.1) is 19.6 Å². The van der Waals surface area contributed by atoms with Crippen LogP contribution < -0.4 is 15.4 Å². The van der Waals surface area contributed by atoms with Crippen molar-refractivity contribution < 1.29 is 22.7 Å². The number of carbonyl (C=O) groups is 1. The summed E-state index contributed by atoms with van der Waals surface area (Å²) in [6, 6.07) is 2.34. The molecule has 0 fully saturated rings. The molecule has 0 aliphatic heterocycles. The van der Waals surface area contributed by atoms with Gasteiger partial charge in [0.15, 0.2) is 0 Å². The molecule has 0 radical (unpaired) electrons. The molecule has 0 unspecified atom stereocenters. The highest BCUT2D eigenvalue weighted by Gasteiger charge is 2.31. The summed E-state index contributed by atoms with van der Waals surface area (Å²) in [6.45, 7) is 0.0143. The highest BCUT2D eigenvalue weighted by atomic mass is 19.4. The van der Waals surface area contributed by atoms with Gasteiger partial charge >= 0.3 is 6.36 Å². The number of carbonyl (C=O) groups excluding carboxylic acids is 1. The molecule has 19 heavy (non-hydrogen) atoms. The van der Waals surface area contributed by atoms with E-state index in [0.717, 1.165) is 12.3 Å². The number of rotatable bonds is 5. The van der Waals surface area contributed by atoms with Gasteiger partial charge in [-0.05, 0) is 12.1 Å². The van der Waals surface area contributed by atoms with Crippen molar-refractivity contribution in [2.45, 2.75) is 6.36 Å². The zero-order chi connectivity index (χ0) is 14.3. The zero-order valence-electron chi connectivity index (χ0n) is 9.62. The lowest BCUT2D eigenvalue weighted by molar-refractivity contribution is -0.274. The second-order valence-corrected chi connectivity index (χ2v) is 3.26. The number of halogens is 3. The fourth-order valence-corrected chi connectivity index (χ4v) is 1.06. The summed E-state index contributed by atoms with van der Waals surface area (Å²) in [5.41, 5.74) is 0. The topological polar surface area (TPSA) is 63.2 Å². The molecular formula is C11H10F3N3O2. The summed E-state index contributed by atoms with van der Waals surface area (Å²) >= 11 is 0. The summed E-state index contributed by atoms with van der Waals surface area (Å²) in [5, 5.41) is 5.02. The van der Waals surface area contributed by atoms with E-state index in [1.54, 1.807) is 0 Å². The van der Waals surface area contributed by atoms with Crippen LogP contribution in [-0.4, -0.2) is 30.3 Å². The quantitative estimate of drug-likeness (QED) is 0.790. The molecule has 0 atom stereocenters. The summed E-state index contributed by atoms with van der Waals surface area (Å²) in [7, 11) is 0. The van der Waals surface area contributed by atoms with E-state index < -0.39 is 12.1 Å². The minimum atomic E-state index is -4.76. The van der Waals surface area contributed by atoms with Crippen LogP contribution in [0.2, 0.25) is 0 Å². The molecule has 0 spiro atoms. The number of aromatic nitrogens is 1. The molecule has 5 nitrogen and oxygen atoms in total. The van der Waals surface area contributed by atoms with Crippen molar-refractivity contribution in [3.63, 3.8) is 0 Å². The van der Waals surface area contributed by atoms with Crippen molar-refractivity contribution in [3.05, 3.63) is 18.3 Å². The van der Waals surface area contributed by atoms with Gasteiger partial charge in [0.25, 0.3) is 0 Å². The Hall–Kier alpha value is -2.43. The molecule has 0 bridgehead atoms. The van der Waals surface area contributed by atoms with E-state index in [-0.39, 0.29) is 24.8 Å². The highest BCUT2D eigenvalue weighted by Crippen LogP contribution is 2.22. The Morgan fingerprint density at radius 3 is 2.74 bits per heavy atom. The lowest BCUT2D eigenvalue weighted by atomic mass is 10.4. The minimum Gasteiger partial charge on any atom is -0.404 e. The number of terminal acetylenes is 1. The van der Waals surface area contributed by atoms with Crippen LogP contribution >= 0.6 is 0 Å². The first-order valence-electron chi connectivity index (χ1n) is 5.06. The molecule has 8 heteroatoms. The smallest absolute Gasteiger partial charge is 0.404 e. The van der Waals surface area contributed by atoms with Gasteiger partial charge in [-0.25, -0.2) is 4.98 Å². The summed E-state index contributed by atoms with van der Waals surface area (Å²) in [6.07, 6.45) is 1.09. The van der Waals surface area contributed by atoms with E-state index in [9.17, 15) is 18.0 Å². The average molecular weight is 273 g/mol. The Kier molecular flexibility index (Phi) is 5.00. The third kappa shape index (κ3) is 6.16. The molecule has 1 rings (SSSR count). The van der Waals surface area contributed by atoms with Gasteiger partial charge in [-0.1, -0.05) is 5.92 Å². The van der Waals surface area contributed by atoms with Crippen molar-refractivity contribution in [2.75, 3.05) is 18.4 Å². The molecule has 1 aromatic rings. The number of hydrogen-bond donors (Lipinski definition) is 2. The largest absolute Gasteiger partial charge is 0.573 e. The van der Waals surface area contributed by atoms with E-state index in [2.05, 4.69) is 26.3 Å². The summed E-state index contributed by atoms with van der Waals surface area (Å²) in [5.74, 6) is 1.68. The van der Waals surface area contributed by atoms with Crippen molar-refractivity contribution in [1.82, 2.24) is 10.3 Å². The van der Waals surface area contributed by atoms with E-state index in [0.29, 0.717) is 0 Å². The maximum Gasteiger partial charge on any atom is 0.573 e. The number of hydrogen-bond acceptors (Lipinski definition) is 4. The average Bonchev–Trinajstić information content (AvgIpc) is 2.33. The molecule has 0 saturated carbocycles. The fraction of sp³-hybridized carbons (Fsp3) is 0.273. The standard InChI is InChI=1S/C11H10F3N3O2/c1-2-5-15-10(18)7-17-9-4-3-8(6-16-9)19-11(12,13)14/h1,3-4,6H,5,7H2,(H,15,18)(H,16,17). The first kappa shape index (κ1) is 14.6. The molecule has 1 aromatic heterocycles. The predicted octanol–water partition coefficient (Wildman–Crippen LogP) is 1.14. The van der Waals surface area contributed by atoms with E-state index in [4.69, 9.17) is 6.42 Å². The van der Waals surface area contributed by atoms with Crippen LogP contribution in [0.5, 0.6) is 5.75 Å². The van der Waals surface area contributed by atoms with Crippen LogP contribution in [0.1, 0.15) is 0 Å². The van der Waals surface area contributed by atoms with E-state index in [1.807, 2.05) is 0 Å². The molecule has 1 heterocycles. The van der Waals surface area contributed by atoms with Crippen LogP contribution in [0.15, 0.2) is 18.3 Å². The van der Waals surface area contributed by atoms with E-state index in [1.165, 1.54) is 6.07 Å². The third-order valence-corrected chi connectivity index (χ3v) is 1.79. The van der Waals surface area contributed by atoms with Gasteiger partial charge in [-0.3, -0.25) is 4.79 Å². The predicted molar refractivity (Wildman–Crippen MR) is 61.3 cm³/mol. The third-order valence-electron chi connectivity index (χ3n) is 1.79. The Bertz CT molecular complexity index is 466. The number of anilines is 1. The number of nitrogens with zero attached hydrogens (tertiary/aromatic N) is 1. The molecular weight excluding hydrogens is 263 g/mol. The highest BCUT2D eigenvalue weighted by molar-refractivity contribution is 5.80. The number of pyridine rings is 1. The fourth-order valence-electron chi connectivity index (χ4n) is 1.06. The van der Waals surface area contributed by atoms with Gasteiger partial charge in [0.05, 0.1) is 19.3 Å². The monoisotopic (exact) mass is 273 g/mol. The molecule has 0 saturated heterocycles. The Labute approximate surface area is 107 Å². The molecule has 1 amide bonds. The van der Waals surface area contributed by atoms with Crippen molar-refractivity contribution >= 4 is 11.7 Å². The van der Waals surface area contributed by atoms with E-state index >= 15 is 0 Å². The first-order valence-corrected chi connectivity index (χ1v) is 5.06. The SMILES string of the molecule is C#CCNC(=O)CNc1ccc(OC(F)(F)F)cn1. The van der Waals surface area contributed by atoms with Gasteiger partial charge in [0.2, 0.25) is 5.91 Å². The maximum absolute atomic E-state index is 11.9. The van der Waals surface area contributed by atoms with Crippen molar-refractivity contribution in [1.29, 1.82) is 0 Å². The van der Waals surface area contributed by atoms with Crippen LogP contribution in [0.4, 0.5) is 19.0 Å². The molecule has 0 aliphatic rings. The van der Waals surface area contributed by atoms with Gasteiger partial charge in [0.1, 0.15) is 11.6 Å². The second-order valence-electron chi connectivity index (χ2n) is 3.26. The Balaban J connectivity index is 2.45. The summed E-state index contributed by atoms with van der Waals surface area (Å²) in [4.78, 5) is 14.8. The van der Waals surface area contributed by atoms with Gasteiger partial charge in [0, 0.05) is 0 Å². The minimum absolute atomic E-state index is 0.0891. The molecule has 0 aliphatic carbocycles.